The number of hydrogen-bond donors (Lipinski definition) is 2. The summed E-state index contributed by atoms with van der Waals surface area (Å²) in [7, 11) is 0. The van der Waals surface area contributed by atoms with Crippen LogP contribution in [0.1, 0.15) is 31.9 Å². The molecule has 2 aromatic rings. The molecule has 0 saturated heterocycles. The summed E-state index contributed by atoms with van der Waals surface area (Å²) in [6, 6.07) is 10.1. The molecule has 0 aliphatic carbocycles. The maximum absolute atomic E-state index is 12.9. The van der Waals surface area contributed by atoms with Gasteiger partial charge in [0, 0.05) is 6.42 Å². The van der Waals surface area contributed by atoms with E-state index in [2.05, 4.69) is 5.32 Å². The first kappa shape index (κ1) is 22.3. The van der Waals surface area contributed by atoms with Gasteiger partial charge in [0.2, 0.25) is 0 Å². The van der Waals surface area contributed by atoms with E-state index in [1.807, 2.05) is 0 Å². The number of ether oxygens (including phenoxy) is 1. The summed E-state index contributed by atoms with van der Waals surface area (Å²) in [4.78, 5) is 23.4. The summed E-state index contributed by atoms with van der Waals surface area (Å²) in [6.45, 7) is 4.96. The highest BCUT2D eigenvalue weighted by molar-refractivity contribution is 5.80. The molecule has 0 bridgehead atoms. The van der Waals surface area contributed by atoms with Crippen LogP contribution in [0.4, 0.5) is 18.0 Å². The summed E-state index contributed by atoms with van der Waals surface area (Å²) >= 11 is 0. The molecule has 0 fully saturated rings. The highest BCUT2D eigenvalue weighted by Crippen LogP contribution is 2.32. The average Bonchev–Trinajstić information content (AvgIpc) is 2.59. The van der Waals surface area contributed by atoms with Gasteiger partial charge in [-0.2, -0.15) is 13.2 Å². The first-order valence-electron chi connectivity index (χ1n) is 8.84. The number of alkyl halides is 3. The Bertz CT molecular complexity index is 888. The molecule has 0 aromatic heterocycles. The van der Waals surface area contributed by atoms with Crippen molar-refractivity contribution in [3.8, 4) is 11.1 Å². The molecule has 29 heavy (non-hydrogen) atoms. The molecule has 8 heteroatoms. The fraction of sp³-hybridized carbons (Fsp3) is 0.333. The zero-order valence-electron chi connectivity index (χ0n) is 16.2. The SMILES string of the molecule is CC(C)(C)OC(=O)NC(Cc1cccc(-c2cccc(C(F)(F)F)c2)c1)C(=O)O. The number of carbonyl (C=O) groups excluding carboxylic acids is 1. The molecule has 0 radical (unpaired) electrons. The Kier molecular flexibility index (Phi) is 6.56. The highest BCUT2D eigenvalue weighted by atomic mass is 19.4. The average molecular weight is 409 g/mol. The number of halogens is 3. The van der Waals surface area contributed by atoms with Crippen molar-refractivity contribution < 1.29 is 32.6 Å². The normalized spacial score (nSPS) is 12.9. The monoisotopic (exact) mass is 409 g/mol. The zero-order chi connectivity index (χ0) is 21.8. The minimum atomic E-state index is -4.46. The van der Waals surface area contributed by atoms with E-state index in [-0.39, 0.29) is 6.42 Å². The molecule has 0 aliphatic rings. The van der Waals surface area contributed by atoms with Gasteiger partial charge in [-0.15, -0.1) is 0 Å². The Balaban J connectivity index is 2.21. The number of rotatable bonds is 5. The molecule has 0 spiro atoms. The molecule has 1 atom stereocenters. The van der Waals surface area contributed by atoms with Crippen LogP contribution in [0, 0.1) is 0 Å². The van der Waals surface area contributed by atoms with Crippen molar-refractivity contribution in [2.75, 3.05) is 0 Å². The topological polar surface area (TPSA) is 75.6 Å². The number of alkyl carbamates (subject to hydrolysis) is 1. The van der Waals surface area contributed by atoms with Gasteiger partial charge >= 0.3 is 18.2 Å². The highest BCUT2D eigenvalue weighted by Gasteiger charge is 2.30. The number of benzene rings is 2. The Hall–Kier alpha value is -3.03. The predicted octanol–water partition coefficient (Wildman–Crippen LogP) is 4.89. The van der Waals surface area contributed by atoms with Crippen molar-refractivity contribution in [3.05, 3.63) is 59.7 Å². The third-order valence-electron chi connectivity index (χ3n) is 3.88. The molecular formula is C21H22F3NO4. The molecule has 0 saturated carbocycles. The summed E-state index contributed by atoms with van der Waals surface area (Å²) in [6.07, 6.45) is -5.38. The van der Waals surface area contributed by atoms with Gasteiger partial charge in [-0.3, -0.25) is 0 Å². The van der Waals surface area contributed by atoms with Gasteiger partial charge in [-0.25, -0.2) is 9.59 Å². The maximum Gasteiger partial charge on any atom is 0.416 e. The first-order chi connectivity index (χ1) is 13.3. The van der Waals surface area contributed by atoms with E-state index >= 15 is 0 Å². The molecule has 0 aliphatic heterocycles. The van der Waals surface area contributed by atoms with Gasteiger partial charge in [-0.05, 0) is 49.6 Å². The van der Waals surface area contributed by atoms with E-state index in [1.165, 1.54) is 6.07 Å². The summed E-state index contributed by atoms with van der Waals surface area (Å²) in [5.74, 6) is -1.25. The van der Waals surface area contributed by atoms with Crippen molar-refractivity contribution in [2.45, 2.75) is 45.0 Å². The molecule has 1 unspecified atom stereocenters. The number of amides is 1. The zero-order valence-corrected chi connectivity index (χ0v) is 16.2. The molecule has 1 amide bonds. The van der Waals surface area contributed by atoms with Crippen molar-refractivity contribution in [1.29, 1.82) is 0 Å². The molecule has 0 heterocycles. The van der Waals surface area contributed by atoms with Gasteiger partial charge in [0.25, 0.3) is 0 Å². The Morgan fingerprint density at radius 2 is 1.62 bits per heavy atom. The Morgan fingerprint density at radius 1 is 1.03 bits per heavy atom. The molecule has 156 valence electrons. The number of aliphatic carboxylic acids is 1. The van der Waals surface area contributed by atoms with Gasteiger partial charge in [0.15, 0.2) is 0 Å². The van der Waals surface area contributed by atoms with Gasteiger partial charge in [0.1, 0.15) is 11.6 Å². The second-order valence-electron chi connectivity index (χ2n) is 7.52. The quantitative estimate of drug-likeness (QED) is 0.737. The lowest BCUT2D eigenvalue weighted by molar-refractivity contribution is -0.139. The lowest BCUT2D eigenvalue weighted by Crippen LogP contribution is -2.44. The van der Waals surface area contributed by atoms with Crippen LogP contribution in [0.2, 0.25) is 0 Å². The third kappa shape index (κ3) is 6.81. The van der Waals surface area contributed by atoms with E-state index in [0.29, 0.717) is 16.7 Å². The fourth-order valence-corrected chi connectivity index (χ4v) is 2.64. The van der Waals surface area contributed by atoms with E-state index in [9.17, 15) is 27.9 Å². The van der Waals surface area contributed by atoms with E-state index in [0.717, 1.165) is 12.1 Å². The van der Waals surface area contributed by atoms with Gasteiger partial charge in [0.05, 0.1) is 5.56 Å². The number of carboxylic acid groups (broad SMARTS) is 1. The van der Waals surface area contributed by atoms with E-state index < -0.39 is 35.4 Å². The van der Waals surface area contributed by atoms with Crippen LogP contribution in [-0.4, -0.2) is 28.8 Å². The first-order valence-corrected chi connectivity index (χ1v) is 8.84. The van der Waals surface area contributed by atoms with Crippen molar-refractivity contribution in [2.24, 2.45) is 0 Å². The van der Waals surface area contributed by atoms with Crippen LogP contribution in [0.5, 0.6) is 0 Å². The third-order valence-corrected chi connectivity index (χ3v) is 3.88. The van der Waals surface area contributed by atoms with Crippen molar-refractivity contribution in [3.63, 3.8) is 0 Å². The number of carbonyl (C=O) groups is 2. The molecular weight excluding hydrogens is 387 g/mol. The number of hydrogen-bond acceptors (Lipinski definition) is 3. The number of carboxylic acids is 1. The van der Waals surface area contributed by atoms with Crippen molar-refractivity contribution in [1.82, 2.24) is 5.32 Å². The Morgan fingerprint density at radius 3 is 2.17 bits per heavy atom. The summed E-state index contributed by atoms with van der Waals surface area (Å²) in [5.41, 5.74) is -0.140. The van der Waals surface area contributed by atoms with Crippen LogP contribution in [0.25, 0.3) is 11.1 Å². The van der Waals surface area contributed by atoms with Crippen LogP contribution in [-0.2, 0) is 22.1 Å². The summed E-state index contributed by atoms with van der Waals surface area (Å²) < 4.78 is 43.9. The predicted molar refractivity (Wildman–Crippen MR) is 101 cm³/mol. The molecule has 2 N–H and O–H groups in total. The maximum atomic E-state index is 12.9. The Labute approximate surface area is 166 Å². The lowest BCUT2D eigenvalue weighted by atomic mass is 9.98. The number of nitrogens with one attached hydrogen (secondary N) is 1. The minimum absolute atomic E-state index is 0.0542. The van der Waals surface area contributed by atoms with E-state index in [1.54, 1.807) is 51.1 Å². The second-order valence-corrected chi connectivity index (χ2v) is 7.52. The largest absolute Gasteiger partial charge is 0.480 e. The van der Waals surface area contributed by atoms with Gasteiger partial charge < -0.3 is 15.2 Å². The second kappa shape index (κ2) is 8.55. The molecule has 2 aromatic carbocycles. The smallest absolute Gasteiger partial charge is 0.416 e. The molecule has 2 rings (SSSR count). The summed E-state index contributed by atoms with van der Waals surface area (Å²) in [5, 5.41) is 11.7. The minimum Gasteiger partial charge on any atom is -0.480 e. The lowest BCUT2D eigenvalue weighted by Gasteiger charge is -2.22. The van der Waals surface area contributed by atoms with Crippen LogP contribution in [0.3, 0.4) is 0 Å². The van der Waals surface area contributed by atoms with Crippen LogP contribution < -0.4 is 5.32 Å². The molecule has 5 nitrogen and oxygen atoms in total. The fourth-order valence-electron chi connectivity index (χ4n) is 2.64. The van der Waals surface area contributed by atoms with E-state index in [4.69, 9.17) is 4.74 Å². The van der Waals surface area contributed by atoms with Crippen molar-refractivity contribution >= 4 is 12.1 Å². The van der Waals surface area contributed by atoms with Crippen LogP contribution in [0.15, 0.2) is 48.5 Å². The van der Waals surface area contributed by atoms with Crippen LogP contribution >= 0.6 is 0 Å². The van der Waals surface area contributed by atoms with Gasteiger partial charge in [-0.1, -0.05) is 36.4 Å². The standard InChI is InChI=1S/C21H22F3NO4/c1-20(2,3)29-19(28)25-17(18(26)27)11-13-6-4-7-14(10-13)15-8-5-9-16(12-15)21(22,23)24/h4-10,12,17H,11H2,1-3H3,(H,25,28)(H,26,27).